The Kier molecular flexibility index (Phi) is 1.72. The third-order valence-electron chi connectivity index (χ3n) is 3.83. The number of benzene rings is 1. The normalized spacial score (nSPS) is 39.5. The summed E-state index contributed by atoms with van der Waals surface area (Å²) in [6.07, 6.45) is 4.00. The molecular weight excluding hydrogens is 170 g/mol. The number of rotatable bonds is 2. The van der Waals surface area contributed by atoms with Crippen molar-refractivity contribution in [2.75, 3.05) is 0 Å². The minimum Gasteiger partial charge on any atom is -0.308 e. The van der Waals surface area contributed by atoms with Gasteiger partial charge in [-0.2, -0.15) is 0 Å². The van der Waals surface area contributed by atoms with Gasteiger partial charge in [0.2, 0.25) is 0 Å². The van der Waals surface area contributed by atoms with E-state index in [9.17, 15) is 0 Å². The standard InChI is InChI=1S/C13H17N/c1-13-8-11(9-13)12(14-13)7-10-5-3-2-4-6-10/h2-6,11-12,14H,7-9H2,1H3. The Labute approximate surface area is 85.5 Å². The van der Waals surface area contributed by atoms with Crippen LogP contribution in [0.5, 0.6) is 0 Å². The van der Waals surface area contributed by atoms with Gasteiger partial charge in [-0.05, 0) is 37.7 Å². The Bertz CT molecular complexity index is 324. The predicted molar refractivity (Wildman–Crippen MR) is 58.2 cm³/mol. The molecule has 74 valence electrons. The predicted octanol–water partition coefficient (Wildman–Crippen LogP) is 2.37. The van der Waals surface area contributed by atoms with Crippen LogP contribution in [0.4, 0.5) is 0 Å². The summed E-state index contributed by atoms with van der Waals surface area (Å²) < 4.78 is 0. The lowest BCUT2D eigenvalue weighted by Crippen LogP contribution is -2.39. The molecule has 1 saturated carbocycles. The van der Waals surface area contributed by atoms with Crippen molar-refractivity contribution in [1.29, 1.82) is 0 Å². The molecule has 2 bridgehead atoms. The zero-order chi connectivity index (χ0) is 9.60. The van der Waals surface area contributed by atoms with E-state index in [1.165, 1.54) is 24.8 Å². The Morgan fingerprint density at radius 2 is 2.00 bits per heavy atom. The van der Waals surface area contributed by atoms with Gasteiger partial charge in [0.1, 0.15) is 0 Å². The second-order valence-corrected chi connectivity index (χ2v) is 5.17. The number of hydrogen-bond donors (Lipinski definition) is 1. The van der Waals surface area contributed by atoms with Crippen LogP contribution in [0.1, 0.15) is 25.3 Å². The highest BCUT2D eigenvalue weighted by atomic mass is 15.1. The van der Waals surface area contributed by atoms with Crippen LogP contribution < -0.4 is 5.32 Å². The van der Waals surface area contributed by atoms with E-state index < -0.39 is 0 Å². The molecule has 1 N–H and O–H groups in total. The second-order valence-electron chi connectivity index (χ2n) is 5.17. The summed E-state index contributed by atoms with van der Waals surface area (Å²) in [5.41, 5.74) is 1.96. The molecule has 2 aliphatic heterocycles. The number of fused-ring (bicyclic) bond motifs is 1. The molecule has 0 radical (unpaired) electrons. The molecule has 0 aromatic heterocycles. The van der Waals surface area contributed by atoms with E-state index in [1.54, 1.807) is 0 Å². The summed E-state index contributed by atoms with van der Waals surface area (Å²) in [6.45, 7) is 2.36. The first-order chi connectivity index (χ1) is 6.75. The van der Waals surface area contributed by atoms with Crippen molar-refractivity contribution in [3.63, 3.8) is 0 Å². The van der Waals surface area contributed by atoms with Gasteiger partial charge in [0.15, 0.2) is 0 Å². The molecule has 0 spiro atoms. The van der Waals surface area contributed by atoms with Crippen LogP contribution in [-0.2, 0) is 6.42 Å². The van der Waals surface area contributed by atoms with Crippen LogP contribution in [0.15, 0.2) is 30.3 Å². The van der Waals surface area contributed by atoms with Gasteiger partial charge >= 0.3 is 0 Å². The van der Waals surface area contributed by atoms with E-state index in [0.29, 0.717) is 5.54 Å². The fourth-order valence-corrected chi connectivity index (χ4v) is 3.15. The summed E-state index contributed by atoms with van der Waals surface area (Å²) in [6, 6.07) is 11.6. The zero-order valence-electron chi connectivity index (χ0n) is 8.66. The molecule has 3 fully saturated rings. The third-order valence-corrected chi connectivity index (χ3v) is 3.83. The number of hydrogen-bond acceptors (Lipinski definition) is 1. The Morgan fingerprint density at radius 1 is 1.29 bits per heavy atom. The Balaban J connectivity index is 1.70. The van der Waals surface area contributed by atoms with Crippen LogP contribution in [0, 0.1) is 5.92 Å². The van der Waals surface area contributed by atoms with Crippen molar-refractivity contribution in [3.8, 4) is 0 Å². The van der Waals surface area contributed by atoms with Gasteiger partial charge in [0, 0.05) is 11.6 Å². The monoisotopic (exact) mass is 187 g/mol. The van der Waals surface area contributed by atoms with Gasteiger partial charge in [0.05, 0.1) is 0 Å². The Morgan fingerprint density at radius 3 is 2.57 bits per heavy atom. The summed E-state index contributed by atoms with van der Waals surface area (Å²) in [5.74, 6) is 0.945. The smallest absolute Gasteiger partial charge is 0.0162 e. The molecule has 1 aliphatic carbocycles. The average molecular weight is 187 g/mol. The topological polar surface area (TPSA) is 12.0 Å². The van der Waals surface area contributed by atoms with Crippen molar-refractivity contribution in [3.05, 3.63) is 35.9 Å². The first-order valence-corrected chi connectivity index (χ1v) is 5.57. The molecular formula is C13H17N. The van der Waals surface area contributed by atoms with Gasteiger partial charge < -0.3 is 5.32 Å². The maximum Gasteiger partial charge on any atom is 0.0162 e. The van der Waals surface area contributed by atoms with E-state index in [4.69, 9.17) is 0 Å². The van der Waals surface area contributed by atoms with E-state index in [-0.39, 0.29) is 0 Å². The van der Waals surface area contributed by atoms with Gasteiger partial charge in [-0.1, -0.05) is 30.3 Å². The molecule has 1 unspecified atom stereocenters. The summed E-state index contributed by atoms with van der Waals surface area (Å²) in [5, 5.41) is 3.75. The summed E-state index contributed by atoms with van der Waals surface area (Å²) in [4.78, 5) is 0. The van der Waals surface area contributed by atoms with Crippen LogP contribution >= 0.6 is 0 Å². The SMILES string of the molecule is CC12CC(C1)C(Cc1ccccc1)N2. The fraction of sp³-hybridized carbons (Fsp3) is 0.538. The molecule has 1 nitrogen and oxygen atoms in total. The minimum atomic E-state index is 0.490. The first-order valence-electron chi connectivity index (χ1n) is 5.57. The van der Waals surface area contributed by atoms with Crippen molar-refractivity contribution in [2.24, 2.45) is 5.92 Å². The lowest BCUT2D eigenvalue weighted by Gasteiger charge is -2.33. The van der Waals surface area contributed by atoms with Crippen LogP contribution in [0.25, 0.3) is 0 Å². The minimum absolute atomic E-state index is 0.490. The average Bonchev–Trinajstić information content (AvgIpc) is 2.59. The Hall–Kier alpha value is -0.820. The molecule has 1 aromatic carbocycles. The van der Waals surface area contributed by atoms with Crippen molar-refractivity contribution in [1.82, 2.24) is 5.32 Å². The van der Waals surface area contributed by atoms with E-state index >= 15 is 0 Å². The summed E-state index contributed by atoms with van der Waals surface area (Å²) in [7, 11) is 0. The second kappa shape index (κ2) is 2.83. The molecule has 1 aromatic rings. The lowest BCUT2D eigenvalue weighted by molar-refractivity contribution is 0.246. The van der Waals surface area contributed by atoms with Gasteiger partial charge in [-0.3, -0.25) is 0 Å². The highest BCUT2D eigenvalue weighted by Crippen LogP contribution is 2.47. The van der Waals surface area contributed by atoms with E-state index in [1.807, 2.05) is 0 Å². The molecule has 2 saturated heterocycles. The summed E-state index contributed by atoms with van der Waals surface area (Å²) >= 11 is 0. The van der Waals surface area contributed by atoms with Gasteiger partial charge in [-0.25, -0.2) is 0 Å². The largest absolute Gasteiger partial charge is 0.308 e. The van der Waals surface area contributed by atoms with E-state index in [2.05, 4.69) is 42.6 Å². The first kappa shape index (κ1) is 8.49. The molecule has 1 atom stereocenters. The molecule has 3 aliphatic rings. The van der Waals surface area contributed by atoms with Crippen molar-refractivity contribution in [2.45, 2.75) is 37.8 Å². The zero-order valence-corrected chi connectivity index (χ0v) is 8.66. The molecule has 0 amide bonds. The maximum absolute atomic E-state index is 3.75. The van der Waals surface area contributed by atoms with Crippen molar-refractivity contribution >= 4 is 0 Å². The molecule has 1 heteroatoms. The van der Waals surface area contributed by atoms with Crippen molar-refractivity contribution < 1.29 is 0 Å². The highest BCUT2D eigenvalue weighted by Gasteiger charge is 2.52. The van der Waals surface area contributed by atoms with Gasteiger partial charge in [0.25, 0.3) is 0 Å². The van der Waals surface area contributed by atoms with Crippen LogP contribution in [0.2, 0.25) is 0 Å². The fourth-order valence-electron chi connectivity index (χ4n) is 3.15. The highest BCUT2D eigenvalue weighted by molar-refractivity contribution is 5.20. The maximum atomic E-state index is 3.75. The van der Waals surface area contributed by atoms with Crippen LogP contribution in [0.3, 0.4) is 0 Å². The molecule has 14 heavy (non-hydrogen) atoms. The van der Waals surface area contributed by atoms with E-state index in [0.717, 1.165) is 12.0 Å². The lowest BCUT2D eigenvalue weighted by atomic mass is 9.73. The van der Waals surface area contributed by atoms with Gasteiger partial charge in [-0.15, -0.1) is 0 Å². The molecule has 2 heterocycles. The molecule has 4 rings (SSSR count). The quantitative estimate of drug-likeness (QED) is 0.749. The number of nitrogens with one attached hydrogen (secondary N) is 1. The third kappa shape index (κ3) is 1.27. The van der Waals surface area contributed by atoms with Crippen LogP contribution in [-0.4, -0.2) is 11.6 Å².